The molecule has 0 spiro atoms. The van der Waals surface area contributed by atoms with Gasteiger partial charge in [-0.25, -0.2) is 4.79 Å². The Bertz CT molecular complexity index is 473. The number of aliphatic hydroxyl groups excluding tert-OH is 1. The first-order valence-electron chi connectivity index (χ1n) is 6.06. The average molecular weight is 279 g/mol. The van der Waals surface area contributed by atoms with Crippen molar-refractivity contribution in [2.75, 3.05) is 19.7 Å². The molecule has 0 aliphatic rings. The summed E-state index contributed by atoms with van der Waals surface area (Å²) in [6.45, 7) is 4.24. The molecule has 0 aliphatic heterocycles. The van der Waals surface area contributed by atoms with Crippen LogP contribution in [0.5, 0.6) is 0 Å². The third kappa shape index (κ3) is 4.69. The zero-order valence-electron chi connectivity index (χ0n) is 11.0. The van der Waals surface area contributed by atoms with Crippen molar-refractivity contribution in [3.63, 3.8) is 0 Å². The second-order valence-electron chi connectivity index (χ2n) is 4.04. The van der Waals surface area contributed by atoms with Gasteiger partial charge in [-0.1, -0.05) is 18.2 Å². The van der Waals surface area contributed by atoms with E-state index in [1.807, 2.05) is 0 Å². The van der Waals surface area contributed by atoms with Crippen molar-refractivity contribution in [2.24, 2.45) is 0 Å². The van der Waals surface area contributed by atoms with Gasteiger partial charge in [0, 0.05) is 31.8 Å². The molecule has 1 rings (SSSR count). The fourth-order valence-corrected chi connectivity index (χ4v) is 1.58. The van der Waals surface area contributed by atoms with Crippen molar-refractivity contribution in [2.45, 2.75) is 6.54 Å². The van der Waals surface area contributed by atoms with Crippen LogP contribution in [0.1, 0.15) is 5.56 Å². The Morgan fingerprint density at radius 3 is 2.60 bits per heavy atom. The number of nitrogens with zero attached hydrogens (tertiary/aromatic N) is 2. The van der Waals surface area contributed by atoms with Crippen molar-refractivity contribution in [3.8, 4) is 0 Å². The van der Waals surface area contributed by atoms with Crippen molar-refractivity contribution in [1.82, 2.24) is 10.2 Å². The van der Waals surface area contributed by atoms with E-state index in [0.717, 1.165) is 5.56 Å². The lowest BCUT2D eigenvalue weighted by molar-refractivity contribution is -0.384. The predicted molar refractivity (Wildman–Crippen MR) is 74.2 cm³/mol. The van der Waals surface area contributed by atoms with Gasteiger partial charge in [-0.3, -0.25) is 10.1 Å². The lowest BCUT2D eigenvalue weighted by Crippen LogP contribution is -2.41. The summed E-state index contributed by atoms with van der Waals surface area (Å²) in [5.41, 5.74) is 0.764. The molecule has 0 saturated heterocycles. The van der Waals surface area contributed by atoms with E-state index >= 15 is 0 Å². The standard InChI is InChI=1S/C13H17N3O4/c1-2-7-15(8-9-17)13(18)14-10-11-3-5-12(6-4-11)16(19)20/h2-6,17H,1,7-10H2,(H,14,18). The molecule has 0 unspecified atom stereocenters. The minimum Gasteiger partial charge on any atom is -0.395 e. The largest absolute Gasteiger partial charge is 0.395 e. The Hall–Kier alpha value is -2.41. The molecule has 0 atom stereocenters. The number of hydrogen-bond donors (Lipinski definition) is 2. The van der Waals surface area contributed by atoms with Crippen molar-refractivity contribution >= 4 is 11.7 Å². The van der Waals surface area contributed by atoms with Crippen LogP contribution >= 0.6 is 0 Å². The Kier molecular flexibility index (Phi) is 6.18. The van der Waals surface area contributed by atoms with Gasteiger partial charge < -0.3 is 15.3 Å². The van der Waals surface area contributed by atoms with Crippen LogP contribution in [-0.4, -0.2) is 40.7 Å². The number of carbonyl (C=O) groups is 1. The summed E-state index contributed by atoms with van der Waals surface area (Å²) in [6, 6.07) is 5.62. The molecule has 0 bridgehead atoms. The van der Waals surface area contributed by atoms with Gasteiger partial charge in [-0.15, -0.1) is 6.58 Å². The van der Waals surface area contributed by atoms with E-state index in [1.165, 1.54) is 17.0 Å². The highest BCUT2D eigenvalue weighted by atomic mass is 16.6. The number of rotatable bonds is 7. The highest BCUT2D eigenvalue weighted by molar-refractivity contribution is 5.74. The number of nitro groups is 1. The molecule has 2 N–H and O–H groups in total. The quantitative estimate of drug-likeness (QED) is 0.446. The number of benzene rings is 1. The molecule has 1 aromatic rings. The number of urea groups is 1. The van der Waals surface area contributed by atoms with E-state index < -0.39 is 4.92 Å². The van der Waals surface area contributed by atoms with Crippen molar-refractivity contribution in [3.05, 3.63) is 52.6 Å². The first kappa shape index (κ1) is 15.6. The van der Waals surface area contributed by atoms with Gasteiger partial charge in [-0.2, -0.15) is 0 Å². The van der Waals surface area contributed by atoms with Crippen LogP contribution in [-0.2, 0) is 6.54 Å². The van der Waals surface area contributed by atoms with Crippen LogP contribution in [0.15, 0.2) is 36.9 Å². The average Bonchev–Trinajstić information content (AvgIpc) is 2.45. The summed E-state index contributed by atoms with van der Waals surface area (Å²) >= 11 is 0. The predicted octanol–water partition coefficient (Wildman–Crippen LogP) is 1.28. The van der Waals surface area contributed by atoms with Crippen LogP contribution in [0, 0.1) is 10.1 Å². The number of carbonyl (C=O) groups excluding carboxylic acids is 1. The van der Waals surface area contributed by atoms with Gasteiger partial charge in [0.05, 0.1) is 11.5 Å². The van der Waals surface area contributed by atoms with Gasteiger partial charge in [0.25, 0.3) is 5.69 Å². The summed E-state index contributed by atoms with van der Waals surface area (Å²) in [5.74, 6) is 0. The lowest BCUT2D eigenvalue weighted by Gasteiger charge is -2.20. The molecule has 0 radical (unpaired) electrons. The summed E-state index contributed by atoms with van der Waals surface area (Å²) in [5, 5.41) is 22.0. The normalized spacial score (nSPS) is 9.85. The minimum atomic E-state index is -0.477. The first-order chi connectivity index (χ1) is 9.58. The number of aliphatic hydroxyl groups is 1. The minimum absolute atomic E-state index is 0.00800. The van der Waals surface area contributed by atoms with E-state index in [-0.39, 0.29) is 31.4 Å². The SMILES string of the molecule is C=CCN(CCO)C(=O)NCc1ccc([N+](=O)[O-])cc1. The topological polar surface area (TPSA) is 95.7 Å². The molecule has 0 saturated carbocycles. The molecule has 20 heavy (non-hydrogen) atoms. The Morgan fingerprint density at radius 2 is 2.10 bits per heavy atom. The summed E-state index contributed by atoms with van der Waals surface area (Å²) in [4.78, 5) is 23.3. The van der Waals surface area contributed by atoms with E-state index in [9.17, 15) is 14.9 Å². The molecule has 2 amide bonds. The third-order valence-electron chi connectivity index (χ3n) is 2.60. The molecule has 108 valence electrons. The van der Waals surface area contributed by atoms with Crippen LogP contribution in [0.4, 0.5) is 10.5 Å². The Morgan fingerprint density at radius 1 is 1.45 bits per heavy atom. The number of hydrogen-bond acceptors (Lipinski definition) is 4. The van der Waals surface area contributed by atoms with Crippen molar-refractivity contribution in [1.29, 1.82) is 0 Å². The van der Waals surface area contributed by atoms with Gasteiger partial charge in [0.1, 0.15) is 0 Å². The molecule has 1 aromatic carbocycles. The fourth-order valence-electron chi connectivity index (χ4n) is 1.58. The Labute approximate surface area is 116 Å². The van der Waals surface area contributed by atoms with Crippen molar-refractivity contribution < 1.29 is 14.8 Å². The number of amides is 2. The Balaban J connectivity index is 2.54. The summed E-state index contributed by atoms with van der Waals surface area (Å²) in [7, 11) is 0. The zero-order valence-corrected chi connectivity index (χ0v) is 11.0. The molecule has 0 aromatic heterocycles. The van der Waals surface area contributed by atoms with Gasteiger partial charge >= 0.3 is 6.03 Å². The molecular formula is C13H17N3O4. The molecule has 7 nitrogen and oxygen atoms in total. The molecule has 7 heteroatoms. The van der Waals surface area contributed by atoms with Crippen LogP contribution < -0.4 is 5.32 Å². The fraction of sp³-hybridized carbons (Fsp3) is 0.308. The summed E-state index contributed by atoms with van der Waals surface area (Å²) in [6.07, 6.45) is 1.57. The smallest absolute Gasteiger partial charge is 0.318 e. The van der Waals surface area contributed by atoms with E-state index in [1.54, 1.807) is 18.2 Å². The second kappa shape index (κ2) is 7.90. The molecule has 0 aliphatic carbocycles. The lowest BCUT2D eigenvalue weighted by atomic mass is 10.2. The van der Waals surface area contributed by atoms with E-state index in [0.29, 0.717) is 6.54 Å². The highest BCUT2D eigenvalue weighted by Gasteiger charge is 2.11. The second-order valence-corrected chi connectivity index (χ2v) is 4.04. The maximum Gasteiger partial charge on any atom is 0.318 e. The summed E-state index contributed by atoms with van der Waals surface area (Å²) < 4.78 is 0. The van der Waals surface area contributed by atoms with E-state index in [2.05, 4.69) is 11.9 Å². The number of non-ortho nitro benzene ring substituents is 1. The zero-order chi connectivity index (χ0) is 15.0. The van der Waals surface area contributed by atoms with Crippen LogP contribution in [0.25, 0.3) is 0 Å². The van der Waals surface area contributed by atoms with E-state index in [4.69, 9.17) is 5.11 Å². The maximum atomic E-state index is 11.8. The van der Waals surface area contributed by atoms with Gasteiger partial charge in [0.15, 0.2) is 0 Å². The number of nitro benzene ring substituents is 1. The van der Waals surface area contributed by atoms with Crippen LogP contribution in [0.2, 0.25) is 0 Å². The third-order valence-corrected chi connectivity index (χ3v) is 2.60. The monoisotopic (exact) mass is 279 g/mol. The molecule has 0 fully saturated rings. The first-order valence-corrected chi connectivity index (χ1v) is 6.06. The molecular weight excluding hydrogens is 262 g/mol. The van der Waals surface area contributed by atoms with Gasteiger partial charge in [0.2, 0.25) is 0 Å². The molecule has 0 heterocycles. The van der Waals surface area contributed by atoms with Crippen LogP contribution in [0.3, 0.4) is 0 Å². The van der Waals surface area contributed by atoms with Gasteiger partial charge in [-0.05, 0) is 5.56 Å². The maximum absolute atomic E-state index is 11.8. The number of nitrogens with one attached hydrogen (secondary N) is 1. The highest BCUT2D eigenvalue weighted by Crippen LogP contribution is 2.11.